The van der Waals surface area contributed by atoms with Crippen LogP contribution < -0.4 is 0 Å². The first-order valence-electron chi connectivity index (χ1n) is 8.45. The number of carbonyl (C=O) groups is 1. The summed E-state index contributed by atoms with van der Waals surface area (Å²) in [5.74, 6) is -0.466. The molecule has 26 heavy (non-hydrogen) atoms. The Kier molecular flexibility index (Phi) is 5.59. The van der Waals surface area contributed by atoms with Gasteiger partial charge in [0.05, 0.1) is 6.04 Å². The van der Waals surface area contributed by atoms with Gasteiger partial charge in [-0.2, -0.15) is 0 Å². The number of benzene rings is 3. The zero-order valence-corrected chi connectivity index (χ0v) is 14.5. The Labute approximate surface area is 153 Å². The summed E-state index contributed by atoms with van der Waals surface area (Å²) in [6, 6.07) is 25.8. The predicted molar refractivity (Wildman–Crippen MR) is 103 cm³/mol. The van der Waals surface area contributed by atoms with Crippen molar-refractivity contribution in [2.45, 2.75) is 6.04 Å². The lowest BCUT2D eigenvalue weighted by Crippen LogP contribution is -2.30. The molecule has 2 nitrogen and oxygen atoms in total. The Balaban J connectivity index is 1.87. The Hall–Kier alpha value is -3.20. The fourth-order valence-corrected chi connectivity index (χ4v) is 2.93. The number of halogens is 1. The lowest BCUT2D eigenvalue weighted by Gasteiger charge is -2.28. The number of likely N-dealkylation sites (N-methyl/N-ethyl adjacent to an activating group) is 1. The van der Waals surface area contributed by atoms with Crippen LogP contribution in [0.25, 0.3) is 6.08 Å². The van der Waals surface area contributed by atoms with Crippen LogP contribution in [0.5, 0.6) is 0 Å². The molecule has 0 radical (unpaired) electrons. The van der Waals surface area contributed by atoms with Crippen LogP contribution in [0.1, 0.15) is 22.7 Å². The van der Waals surface area contributed by atoms with Crippen molar-refractivity contribution in [3.05, 3.63) is 114 Å². The van der Waals surface area contributed by atoms with E-state index < -0.39 is 0 Å². The standard InChI is InChI=1S/C23H20FNO/c1-25(22(26)16-15-18-9-8-14-21(24)17-18)23(19-10-4-2-5-11-19)20-12-6-3-7-13-20/h2-17,23H,1H3/b16-15+. The van der Waals surface area contributed by atoms with Gasteiger partial charge >= 0.3 is 0 Å². The van der Waals surface area contributed by atoms with Crippen molar-refractivity contribution >= 4 is 12.0 Å². The van der Waals surface area contributed by atoms with Crippen LogP contribution in [-0.2, 0) is 4.79 Å². The molecule has 0 fully saturated rings. The molecule has 3 aromatic rings. The Bertz CT molecular complexity index is 851. The first-order chi connectivity index (χ1) is 12.6. The van der Waals surface area contributed by atoms with Gasteiger partial charge in [0.1, 0.15) is 5.82 Å². The van der Waals surface area contributed by atoms with E-state index in [9.17, 15) is 9.18 Å². The maximum absolute atomic E-state index is 13.3. The van der Waals surface area contributed by atoms with Crippen LogP contribution in [0.15, 0.2) is 91.0 Å². The first kappa shape index (κ1) is 17.6. The lowest BCUT2D eigenvalue weighted by atomic mass is 9.97. The van der Waals surface area contributed by atoms with E-state index in [1.165, 1.54) is 18.2 Å². The number of carbonyl (C=O) groups excluding carboxylic acids is 1. The summed E-state index contributed by atoms with van der Waals surface area (Å²) in [5, 5.41) is 0. The zero-order chi connectivity index (χ0) is 18.4. The van der Waals surface area contributed by atoms with Crippen molar-refractivity contribution < 1.29 is 9.18 Å². The number of hydrogen-bond acceptors (Lipinski definition) is 1. The third-order valence-corrected chi connectivity index (χ3v) is 4.23. The molecule has 0 aliphatic carbocycles. The minimum Gasteiger partial charge on any atom is -0.331 e. The fourth-order valence-electron chi connectivity index (χ4n) is 2.93. The van der Waals surface area contributed by atoms with Gasteiger partial charge in [-0.25, -0.2) is 4.39 Å². The molecule has 0 unspecified atom stereocenters. The summed E-state index contributed by atoms with van der Waals surface area (Å²) in [5.41, 5.74) is 2.73. The highest BCUT2D eigenvalue weighted by atomic mass is 19.1. The van der Waals surface area contributed by atoms with Crippen LogP contribution in [-0.4, -0.2) is 17.9 Å². The molecule has 0 saturated carbocycles. The van der Waals surface area contributed by atoms with E-state index >= 15 is 0 Å². The van der Waals surface area contributed by atoms with Crippen molar-refractivity contribution in [3.8, 4) is 0 Å². The van der Waals surface area contributed by atoms with Gasteiger partial charge in [-0.1, -0.05) is 72.8 Å². The van der Waals surface area contributed by atoms with E-state index in [2.05, 4.69) is 0 Å². The Morgan fingerprint density at radius 2 is 1.46 bits per heavy atom. The van der Waals surface area contributed by atoms with E-state index in [1.54, 1.807) is 30.2 Å². The molecular formula is C23H20FNO. The van der Waals surface area contributed by atoms with Gasteiger partial charge in [0.15, 0.2) is 0 Å². The number of hydrogen-bond donors (Lipinski definition) is 0. The molecular weight excluding hydrogens is 325 g/mol. The minimum absolute atomic E-state index is 0.146. The molecule has 1 amide bonds. The topological polar surface area (TPSA) is 20.3 Å². The second-order valence-electron chi connectivity index (χ2n) is 6.06. The van der Waals surface area contributed by atoms with E-state index in [0.29, 0.717) is 5.56 Å². The van der Waals surface area contributed by atoms with Crippen molar-refractivity contribution in [2.75, 3.05) is 7.05 Å². The van der Waals surface area contributed by atoms with Gasteiger partial charge < -0.3 is 4.90 Å². The van der Waals surface area contributed by atoms with Crippen LogP contribution in [0.2, 0.25) is 0 Å². The molecule has 0 N–H and O–H groups in total. The molecule has 0 atom stereocenters. The van der Waals surface area contributed by atoms with Gasteiger partial charge in [-0.15, -0.1) is 0 Å². The maximum Gasteiger partial charge on any atom is 0.247 e. The van der Waals surface area contributed by atoms with Gasteiger partial charge in [-0.05, 0) is 34.9 Å². The van der Waals surface area contributed by atoms with Crippen LogP contribution in [0.3, 0.4) is 0 Å². The summed E-state index contributed by atoms with van der Waals surface area (Å²) >= 11 is 0. The molecule has 0 aliphatic rings. The third kappa shape index (κ3) is 4.25. The van der Waals surface area contributed by atoms with Gasteiger partial charge in [0.25, 0.3) is 0 Å². The molecule has 0 aliphatic heterocycles. The number of rotatable bonds is 5. The van der Waals surface area contributed by atoms with Crippen molar-refractivity contribution in [3.63, 3.8) is 0 Å². The fraction of sp³-hybridized carbons (Fsp3) is 0.0870. The molecule has 3 heteroatoms. The summed E-state index contributed by atoms with van der Waals surface area (Å²) in [7, 11) is 1.78. The smallest absolute Gasteiger partial charge is 0.247 e. The SMILES string of the molecule is CN(C(=O)/C=C/c1cccc(F)c1)C(c1ccccc1)c1ccccc1. The molecule has 3 aromatic carbocycles. The highest BCUT2D eigenvalue weighted by molar-refractivity contribution is 5.92. The van der Waals surface area contributed by atoms with Crippen molar-refractivity contribution in [1.29, 1.82) is 0 Å². The molecule has 0 bridgehead atoms. The summed E-state index contributed by atoms with van der Waals surface area (Å²) < 4.78 is 13.3. The first-order valence-corrected chi connectivity index (χ1v) is 8.45. The number of amides is 1. The summed E-state index contributed by atoms with van der Waals surface area (Å²) in [6.07, 6.45) is 3.11. The Morgan fingerprint density at radius 1 is 0.885 bits per heavy atom. The second kappa shape index (κ2) is 8.26. The van der Waals surface area contributed by atoms with Crippen LogP contribution in [0.4, 0.5) is 4.39 Å². The highest BCUT2D eigenvalue weighted by Gasteiger charge is 2.21. The predicted octanol–water partition coefficient (Wildman–Crippen LogP) is 5.09. The average molecular weight is 345 g/mol. The van der Waals surface area contributed by atoms with Gasteiger partial charge in [-0.3, -0.25) is 4.79 Å². The molecule has 0 aromatic heterocycles. The monoisotopic (exact) mass is 345 g/mol. The van der Waals surface area contributed by atoms with E-state index in [1.807, 2.05) is 60.7 Å². The molecule has 0 spiro atoms. The summed E-state index contributed by atoms with van der Waals surface area (Å²) in [4.78, 5) is 14.4. The van der Waals surface area contributed by atoms with Crippen LogP contribution in [0, 0.1) is 5.82 Å². The highest BCUT2D eigenvalue weighted by Crippen LogP contribution is 2.27. The zero-order valence-electron chi connectivity index (χ0n) is 14.5. The summed E-state index contributed by atoms with van der Waals surface area (Å²) in [6.45, 7) is 0. The normalized spacial score (nSPS) is 11.0. The van der Waals surface area contributed by atoms with Gasteiger partial charge in [0, 0.05) is 13.1 Å². The largest absolute Gasteiger partial charge is 0.331 e. The van der Waals surface area contributed by atoms with Gasteiger partial charge in [0.2, 0.25) is 5.91 Å². The number of nitrogens with zero attached hydrogens (tertiary/aromatic N) is 1. The van der Waals surface area contributed by atoms with E-state index in [4.69, 9.17) is 0 Å². The quantitative estimate of drug-likeness (QED) is 0.590. The van der Waals surface area contributed by atoms with Crippen LogP contribution >= 0.6 is 0 Å². The lowest BCUT2D eigenvalue weighted by molar-refractivity contribution is -0.126. The minimum atomic E-state index is -0.320. The second-order valence-corrected chi connectivity index (χ2v) is 6.06. The van der Waals surface area contributed by atoms with Crippen molar-refractivity contribution in [2.24, 2.45) is 0 Å². The van der Waals surface area contributed by atoms with E-state index in [0.717, 1.165) is 11.1 Å². The Morgan fingerprint density at radius 3 is 2.00 bits per heavy atom. The maximum atomic E-state index is 13.3. The molecule has 0 saturated heterocycles. The average Bonchev–Trinajstić information content (AvgIpc) is 2.68. The molecule has 130 valence electrons. The molecule has 0 heterocycles. The third-order valence-electron chi connectivity index (χ3n) is 4.23. The molecule has 3 rings (SSSR count). The van der Waals surface area contributed by atoms with Crippen molar-refractivity contribution in [1.82, 2.24) is 4.90 Å². The van der Waals surface area contributed by atoms with E-state index in [-0.39, 0.29) is 17.8 Å².